The lowest BCUT2D eigenvalue weighted by Crippen LogP contribution is -2.33. The van der Waals surface area contributed by atoms with E-state index in [9.17, 15) is 14.7 Å². The summed E-state index contributed by atoms with van der Waals surface area (Å²) in [6.07, 6.45) is 1.85. The van der Waals surface area contributed by atoms with Gasteiger partial charge in [-0.3, -0.25) is 14.5 Å². The molecule has 0 bridgehead atoms. The summed E-state index contributed by atoms with van der Waals surface area (Å²) >= 11 is 5.81. The van der Waals surface area contributed by atoms with Gasteiger partial charge >= 0.3 is 0 Å². The quantitative estimate of drug-likeness (QED) is 0.802. The molecule has 1 heterocycles. The average Bonchev–Trinajstić information content (AvgIpc) is 2.53. The van der Waals surface area contributed by atoms with Crippen LogP contribution in [0.15, 0.2) is 45.8 Å². The molecular weight excluding hydrogens is 332 g/mol. The normalized spacial score (nSPS) is 10.8. The third kappa shape index (κ3) is 5.40. The molecule has 0 spiro atoms. The second-order valence-corrected chi connectivity index (χ2v) is 5.80. The summed E-state index contributed by atoms with van der Waals surface area (Å²) in [5.41, 5.74) is 0.162. The van der Waals surface area contributed by atoms with E-state index in [2.05, 4.69) is 5.32 Å². The molecule has 0 atom stereocenters. The number of hydrogen-bond donors (Lipinski definition) is 2. The number of aromatic hydroxyl groups is 1. The first kappa shape index (κ1) is 18.0. The maximum atomic E-state index is 12.2. The van der Waals surface area contributed by atoms with Crippen LogP contribution in [0.25, 0.3) is 0 Å². The van der Waals surface area contributed by atoms with Crippen molar-refractivity contribution in [3.63, 3.8) is 0 Å². The first-order valence-electron chi connectivity index (χ1n) is 7.56. The molecule has 0 aliphatic carbocycles. The molecule has 1 aromatic heterocycles. The lowest BCUT2D eigenvalue weighted by atomic mass is 10.3. The van der Waals surface area contributed by atoms with Crippen molar-refractivity contribution >= 4 is 23.2 Å². The van der Waals surface area contributed by atoms with Crippen LogP contribution in [0, 0.1) is 0 Å². The van der Waals surface area contributed by atoms with Gasteiger partial charge in [0.05, 0.1) is 13.1 Å². The Labute approximate surface area is 144 Å². The standard InChI is InChI=1S/C17H19ClN2O4/c1-2-7-20(9-14-8-15(21)16(22)11-24-14)10-17(23)19-13-5-3-12(18)4-6-13/h3-6,8,11,22H,2,7,9-10H2,1H3,(H,19,23). The Balaban J connectivity index is 1.98. The Bertz CT molecular complexity index is 743. The Kier molecular flexibility index (Phi) is 6.40. The van der Waals surface area contributed by atoms with Gasteiger partial charge in [0.25, 0.3) is 0 Å². The molecule has 0 saturated carbocycles. The summed E-state index contributed by atoms with van der Waals surface area (Å²) in [4.78, 5) is 25.5. The van der Waals surface area contributed by atoms with Crippen LogP contribution < -0.4 is 10.7 Å². The summed E-state index contributed by atoms with van der Waals surface area (Å²) in [5.74, 6) is -0.210. The lowest BCUT2D eigenvalue weighted by Gasteiger charge is -2.20. The largest absolute Gasteiger partial charge is 0.502 e. The van der Waals surface area contributed by atoms with E-state index in [-0.39, 0.29) is 12.5 Å². The van der Waals surface area contributed by atoms with Gasteiger partial charge < -0.3 is 14.8 Å². The SMILES string of the molecule is CCCN(CC(=O)Nc1ccc(Cl)cc1)Cc1cc(=O)c(O)co1. The van der Waals surface area contributed by atoms with Gasteiger partial charge in [-0.05, 0) is 37.2 Å². The van der Waals surface area contributed by atoms with Gasteiger partial charge in [-0.25, -0.2) is 0 Å². The van der Waals surface area contributed by atoms with E-state index in [1.54, 1.807) is 24.3 Å². The van der Waals surface area contributed by atoms with E-state index in [0.717, 1.165) is 12.7 Å². The van der Waals surface area contributed by atoms with Crippen LogP contribution in [0.5, 0.6) is 5.75 Å². The fourth-order valence-electron chi connectivity index (χ4n) is 2.21. The number of benzene rings is 1. The van der Waals surface area contributed by atoms with Crippen molar-refractivity contribution in [3.8, 4) is 5.75 Å². The van der Waals surface area contributed by atoms with Crippen LogP contribution in [-0.2, 0) is 11.3 Å². The highest BCUT2D eigenvalue weighted by atomic mass is 35.5. The fourth-order valence-corrected chi connectivity index (χ4v) is 2.34. The predicted octanol–water partition coefficient (Wildman–Crippen LogP) is 2.85. The van der Waals surface area contributed by atoms with Gasteiger partial charge in [0.15, 0.2) is 5.75 Å². The van der Waals surface area contributed by atoms with Gasteiger partial charge in [0.2, 0.25) is 11.3 Å². The predicted molar refractivity (Wildman–Crippen MR) is 92.3 cm³/mol. The Morgan fingerprint density at radius 2 is 2.04 bits per heavy atom. The molecule has 0 radical (unpaired) electrons. The monoisotopic (exact) mass is 350 g/mol. The molecule has 2 N–H and O–H groups in total. The number of carbonyl (C=O) groups excluding carboxylic acids is 1. The van der Waals surface area contributed by atoms with Crippen molar-refractivity contribution in [2.45, 2.75) is 19.9 Å². The van der Waals surface area contributed by atoms with E-state index in [1.165, 1.54) is 6.07 Å². The number of halogens is 1. The molecule has 128 valence electrons. The Hall–Kier alpha value is -2.31. The summed E-state index contributed by atoms with van der Waals surface area (Å²) < 4.78 is 5.19. The molecular formula is C17H19ClN2O4. The summed E-state index contributed by atoms with van der Waals surface area (Å²) in [6, 6.07) is 8.08. The smallest absolute Gasteiger partial charge is 0.238 e. The number of rotatable bonds is 7. The molecule has 0 aliphatic rings. The van der Waals surface area contributed by atoms with Crippen LogP contribution in [0.1, 0.15) is 19.1 Å². The van der Waals surface area contributed by atoms with Crippen LogP contribution in [0.2, 0.25) is 5.02 Å². The fraction of sp³-hybridized carbons (Fsp3) is 0.294. The topological polar surface area (TPSA) is 82.8 Å². The van der Waals surface area contributed by atoms with Gasteiger partial charge in [-0.2, -0.15) is 0 Å². The molecule has 0 unspecified atom stereocenters. The van der Waals surface area contributed by atoms with E-state index in [0.29, 0.717) is 29.6 Å². The molecule has 0 fully saturated rings. The molecule has 24 heavy (non-hydrogen) atoms. The van der Waals surface area contributed by atoms with Crippen molar-refractivity contribution < 1.29 is 14.3 Å². The highest BCUT2D eigenvalue weighted by molar-refractivity contribution is 6.30. The molecule has 1 aromatic carbocycles. The molecule has 7 heteroatoms. The van der Waals surface area contributed by atoms with E-state index < -0.39 is 11.2 Å². The molecule has 6 nitrogen and oxygen atoms in total. The third-order valence-corrected chi connectivity index (χ3v) is 3.53. The summed E-state index contributed by atoms with van der Waals surface area (Å²) in [5, 5.41) is 12.6. The number of carbonyl (C=O) groups is 1. The number of nitrogens with zero attached hydrogens (tertiary/aromatic N) is 1. The maximum absolute atomic E-state index is 12.2. The zero-order valence-electron chi connectivity index (χ0n) is 13.3. The van der Waals surface area contributed by atoms with Crippen LogP contribution >= 0.6 is 11.6 Å². The minimum atomic E-state index is -0.502. The number of amides is 1. The molecule has 2 rings (SSSR count). The van der Waals surface area contributed by atoms with Crippen LogP contribution in [0.4, 0.5) is 5.69 Å². The second kappa shape index (κ2) is 8.52. The summed E-state index contributed by atoms with van der Waals surface area (Å²) in [7, 11) is 0. The molecule has 0 aliphatic heterocycles. The Morgan fingerprint density at radius 1 is 1.33 bits per heavy atom. The Morgan fingerprint density at radius 3 is 2.67 bits per heavy atom. The van der Waals surface area contributed by atoms with Crippen LogP contribution in [0.3, 0.4) is 0 Å². The van der Waals surface area contributed by atoms with Gasteiger partial charge in [-0.1, -0.05) is 18.5 Å². The maximum Gasteiger partial charge on any atom is 0.238 e. The van der Waals surface area contributed by atoms with Crippen LogP contribution in [-0.4, -0.2) is 29.0 Å². The zero-order chi connectivity index (χ0) is 17.5. The average molecular weight is 351 g/mol. The number of anilines is 1. The van der Waals surface area contributed by atoms with Gasteiger partial charge in [0.1, 0.15) is 12.0 Å². The number of hydrogen-bond acceptors (Lipinski definition) is 5. The van der Waals surface area contributed by atoms with Crippen molar-refractivity contribution in [2.75, 3.05) is 18.4 Å². The molecule has 1 amide bonds. The first-order valence-corrected chi connectivity index (χ1v) is 7.94. The number of nitrogens with one attached hydrogen (secondary N) is 1. The second-order valence-electron chi connectivity index (χ2n) is 5.36. The molecule has 2 aromatic rings. The highest BCUT2D eigenvalue weighted by Gasteiger charge is 2.13. The molecule has 0 saturated heterocycles. The lowest BCUT2D eigenvalue weighted by molar-refractivity contribution is -0.117. The van der Waals surface area contributed by atoms with Gasteiger partial charge in [0, 0.05) is 16.8 Å². The van der Waals surface area contributed by atoms with Gasteiger partial charge in [-0.15, -0.1) is 0 Å². The van der Waals surface area contributed by atoms with E-state index >= 15 is 0 Å². The van der Waals surface area contributed by atoms with Crippen molar-refractivity contribution in [1.82, 2.24) is 4.90 Å². The zero-order valence-corrected chi connectivity index (χ0v) is 14.0. The highest BCUT2D eigenvalue weighted by Crippen LogP contribution is 2.13. The van der Waals surface area contributed by atoms with Crippen molar-refractivity contribution in [3.05, 3.63) is 57.6 Å². The minimum Gasteiger partial charge on any atom is -0.502 e. The van der Waals surface area contributed by atoms with E-state index in [4.69, 9.17) is 16.0 Å². The van der Waals surface area contributed by atoms with E-state index in [1.807, 2.05) is 11.8 Å². The minimum absolute atomic E-state index is 0.154. The van der Waals surface area contributed by atoms with Crippen molar-refractivity contribution in [2.24, 2.45) is 0 Å². The summed E-state index contributed by atoms with van der Waals surface area (Å²) in [6.45, 7) is 3.12. The third-order valence-electron chi connectivity index (χ3n) is 3.28. The van der Waals surface area contributed by atoms with Crippen molar-refractivity contribution in [1.29, 1.82) is 0 Å². The first-order chi connectivity index (χ1) is 11.5.